The Hall–Kier alpha value is 10.7. The first-order valence-corrected chi connectivity index (χ1v) is 37.4. The zero-order valence-corrected chi connectivity index (χ0v) is 112. The van der Waals surface area contributed by atoms with Gasteiger partial charge in [0.15, 0.2) is 0 Å². The summed E-state index contributed by atoms with van der Waals surface area (Å²) in [4.78, 5) is 53.3. The molecule has 0 N–H and O–H groups in total. The van der Waals surface area contributed by atoms with Crippen molar-refractivity contribution in [1.82, 2.24) is 0 Å². The molecule has 0 aliphatic carbocycles. The molecule has 0 amide bonds. The van der Waals surface area contributed by atoms with Crippen molar-refractivity contribution in [3.8, 4) is 30.3 Å². The minimum Gasteiger partial charge on any atom is -0.467 e. The van der Waals surface area contributed by atoms with Gasteiger partial charge in [-0.1, -0.05) is 32.8 Å². The van der Waals surface area contributed by atoms with Crippen LogP contribution in [0.4, 0.5) is 0 Å². The predicted octanol–water partition coefficient (Wildman–Crippen LogP) is -15.1. The molecule has 0 fully saturated rings. The monoisotopic (exact) mass is 1980 g/mol. The topological polar surface area (TPSA) is 198 Å². The van der Waals surface area contributed by atoms with Crippen molar-refractivity contribution in [2.45, 2.75) is 113 Å². The van der Waals surface area contributed by atoms with Crippen molar-refractivity contribution < 1.29 is 636 Å². The van der Waals surface area contributed by atoms with Crippen LogP contribution in [0.5, 0.6) is 0 Å². The Morgan fingerprint density at radius 3 is 0.902 bits per heavy atom. The van der Waals surface area contributed by atoms with E-state index in [-0.39, 0.29) is 669 Å². The quantitative estimate of drug-likeness (QED) is 0.0394. The maximum Gasteiger partial charge on any atom is 1.00 e. The summed E-state index contributed by atoms with van der Waals surface area (Å²) in [7, 11) is 0. The summed E-state index contributed by atoms with van der Waals surface area (Å²) < 4.78 is 13.8. The molecule has 0 unspecified atom stereocenters. The van der Waals surface area contributed by atoms with Gasteiger partial charge in [-0.25, -0.2) is 119 Å². The molecule has 6 aliphatic rings. The van der Waals surface area contributed by atoms with E-state index in [0.717, 1.165) is 114 Å². The van der Waals surface area contributed by atoms with Gasteiger partial charge in [0.2, 0.25) is 0 Å². The SMILES string of the molecule is [C-]#[N+]/C(C#N)=C1/Sc2[c-]cc(C(C)(C)C)[c-]c2S1.[C-]#[N+]/C(C#N)=C1/Sc2[c-]cc(C)[c-]c2S1.[C-]#[N+]/C(C#N)=C1/Sc2[c-]cc(C)[c-]c2S1.[C-]#[N+]C(C#N)=C1Sc2[c-]c(C)c(C)[c-]c2S1.[C-]#[N+]C(C#N)=C1Sc2[c-]cc[c-]c2S1.[C-]#[N+]C(C(=O)OCCOC(=O)C=C)=C1Sc2[c-]cc[c-]c2S1.[K+].[K+].[K+].[K+].[K+].[K+].[K+].[K+].[K+].[K+].[K+].[K+]. The zero-order valence-electron chi connectivity index (χ0n) is 64.7. The number of carbonyl (C=O) groups excluding carboxylic acids is 2. The summed E-state index contributed by atoms with van der Waals surface area (Å²) in [6, 6.07) is 60.0. The Morgan fingerprint density at radius 2 is 0.634 bits per heavy atom. The summed E-state index contributed by atoms with van der Waals surface area (Å²) in [6.45, 7) is 58.9. The predicted molar refractivity (Wildman–Crippen MR) is 395 cm³/mol. The largest absolute Gasteiger partial charge is 1.00 e. The minimum absolute atomic E-state index is 0. The van der Waals surface area contributed by atoms with Crippen LogP contribution in [-0.4, -0.2) is 25.2 Å². The first-order chi connectivity index (χ1) is 48.1. The Morgan fingerprint density at radius 1 is 0.384 bits per heavy atom. The second kappa shape index (κ2) is 72.2. The maximum absolute atomic E-state index is 11.9. The van der Waals surface area contributed by atoms with Crippen LogP contribution in [0.1, 0.15) is 48.6 Å². The Bertz CT molecular complexity index is 4850. The normalized spacial score (nSPS) is 12.9. The van der Waals surface area contributed by atoms with Crippen molar-refractivity contribution >= 4 is 153 Å². The molecule has 0 aromatic heterocycles. The van der Waals surface area contributed by atoms with Crippen molar-refractivity contribution in [3.63, 3.8) is 0 Å². The van der Waals surface area contributed by atoms with Crippen LogP contribution in [0.3, 0.4) is 0 Å². The fourth-order valence-electron chi connectivity index (χ4n) is 7.09. The van der Waals surface area contributed by atoms with E-state index in [2.05, 4.69) is 134 Å². The molecule has 0 radical (unpaired) electrons. The number of carbonyl (C=O) groups is 2. The average molecular weight is 1980 g/mol. The number of hydrogen-bond acceptors (Lipinski definition) is 21. The number of esters is 2. The number of hydrogen-bond donors (Lipinski definition) is 0. The molecule has 6 aromatic carbocycles. The van der Waals surface area contributed by atoms with E-state index in [0.29, 0.717) is 4.24 Å². The molecule has 6 aromatic rings. The van der Waals surface area contributed by atoms with Gasteiger partial charge >= 0.3 is 629 Å². The molecular weight excluding hydrogens is 1950 g/mol. The fraction of sp³-hybridized carbons (Fsp3) is 0.137. The van der Waals surface area contributed by atoms with E-state index in [1.807, 2.05) is 76.2 Å². The maximum atomic E-state index is 11.9. The van der Waals surface area contributed by atoms with Gasteiger partial charge in [0.05, 0.1) is 69.8 Å². The molecule has 490 valence electrons. The number of ether oxygens (including phenoxy) is 2. The smallest absolute Gasteiger partial charge is 0.467 e. The van der Waals surface area contributed by atoms with Gasteiger partial charge < -0.3 is 82.3 Å². The van der Waals surface area contributed by atoms with Crippen molar-refractivity contribution in [3.05, 3.63) is 284 Å². The van der Waals surface area contributed by atoms with E-state index in [4.69, 9.17) is 70.5 Å². The Kier molecular flexibility index (Phi) is 86.0. The second-order valence-corrected chi connectivity index (χ2v) is 33.5. The van der Waals surface area contributed by atoms with Crippen LogP contribution in [0.2, 0.25) is 0 Å². The minimum atomic E-state index is -0.743. The third-order valence-corrected chi connectivity index (χ3v) is 26.5. The number of thioether (sulfide) groups is 12. The molecule has 0 bridgehead atoms. The summed E-state index contributed by atoms with van der Waals surface area (Å²) in [6.07, 6.45) is 1.02. The van der Waals surface area contributed by atoms with Crippen LogP contribution in [0.15, 0.2) is 173 Å². The van der Waals surface area contributed by atoms with Gasteiger partial charge in [0.1, 0.15) is 13.2 Å². The molecule has 6 aliphatic heterocycles. The number of nitrogens with zero attached hydrogens (tertiary/aromatic N) is 11. The van der Waals surface area contributed by atoms with Crippen LogP contribution in [-0.2, 0) is 24.5 Å². The number of fused-ring (bicyclic) bond motifs is 6. The van der Waals surface area contributed by atoms with Gasteiger partial charge in [-0.2, -0.15) is 141 Å². The number of benzene rings is 6. The van der Waals surface area contributed by atoms with Gasteiger partial charge in [-0.15, -0.1) is 27.7 Å². The van der Waals surface area contributed by atoms with Crippen molar-refractivity contribution in [2.24, 2.45) is 0 Å². The molecular formula is C73H35K12N11O4S12. The molecule has 0 atom stereocenters. The summed E-state index contributed by atoms with van der Waals surface area (Å²) >= 11 is 16.8. The van der Waals surface area contributed by atoms with Gasteiger partial charge in [-0.05, 0) is 0 Å². The second-order valence-electron chi connectivity index (χ2n) is 19.7. The van der Waals surface area contributed by atoms with E-state index in [9.17, 15) is 9.59 Å². The third-order valence-electron chi connectivity index (χ3n) is 11.9. The number of nitriles is 5. The van der Waals surface area contributed by atoms with Crippen molar-refractivity contribution in [1.29, 1.82) is 26.3 Å². The van der Waals surface area contributed by atoms with E-state index >= 15 is 0 Å². The van der Waals surface area contributed by atoms with Gasteiger partial charge in [0.25, 0.3) is 34.2 Å². The van der Waals surface area contributed by atoms with Crippen LogP contribution >= 0.6 is 141 Å². The van der Waals surface area contributed by atoms with E-state index < -0.39 is 11.9 Å². The molecule has 0 spiro atoms. The van der Waals surface area contributed by atoms with E-state index in [1.54, 1.807) is 24.3 Å². The standard InChI is InChI=1S/C15H9NO4S2.C14H10N2S2.C12H6N2S2.2C11H4N2S2.C10H2N2S2.12K/c1-3-12(17)19-8-9-20-14(18)13(16-2)15-21-10-6-4-5-7-11(10)22-15;1-14(2,3)9-5-6-11-12(7-9)18-13(17-11)10(8-15)16-4;1-7-4-10-11(5-8(7)2)16-12(15-10)9(6-13)14-3;2*1-7-3-4-9-10(5-7)15-11(14-9)8(6-12)13-2;1-12-7(6-11)10-13-8-4-2-3-5-9(8)14-10;;;;;;;;;;;;/h3-5H,1,8-9H2;5H,1-3H3;1-2H3;2*3H,1H3;2-3H;;;;;;;;;;;;/q6*-2;12*+1/b;13-10-;;2*11-8-;;;;;;;;;;;;;. The molecule has 0 saturated carbocycles. The zero-order chi connectivity index (χ0) is 72.6. The molecule has 6 heterocycles. The van der Waals surface area contributed by atoms with Gasteiger partial charge in [-0.3, -0.25) is 75.1 Å². The number of rotatable bonds is 5. The Labute approximate surface area is 1220 Å². The molecule has 0 saturated heterocycles. The molecule has 15 nitrogen and oxygen atoms in total. The average Bonchev–Trinajstić information content (AvgIpc) is 1.69. The first kappa shape index (κ1) is 133. The summed E-state index contributed by atoms with van der Waals surface area (Å²) in [5.41, 5.74) is 5.96. The number of allylic oxidation sites excluding steroid dienone is 5. The van der Waals surface area contributed by atoms with E-state index in [1.165, 1.54) is 141 Å². The fourth-order valence-corrected chi connectivity index (χ4v) is 20.8. The molecule has 112 heavy (non-hydrogen) atoms. The first-order valence-electron chi connectivity index (χ1n) is 27.6. The summed E-state index contributed by atoms with van der Waals surface area (Å²) in [5.74, 6) is -1.34. The van der Waals surface area contributed by atoms with Crippen LogP contribution in [0, 0.1) is 197 Å². The van der Waals surface area contributed by atoms with Gasteiger partial charge in [0, 0.05) is 31.5 Å². The molecule has 12 rings (SSSR count). The van der Waals surface area contributed by atoms with Crippen molar-refractivity contribution in [2.75, 3.05) is 13.2 Å². The number of aryl methyl sites for hydroxylation is 4. The Balaban J connectivity index is -0.000000296. The van der Waals surface area contributed by atoms with Crippen LogP contribution in [0.25, 0.3) is 29.1 Å². The third kappa shape index (κ3) is 42.9. The van der Waals surface area contributed by atoms with Crippen LogP contribution < -0.4 is 617 Å². The summed E-state index contributed by atoms with van der Waals surface area (Å²) in [5, 5.41) is 43.9. The molecule has 39 heteroatoms.